The van der Waals surface area contributed by atoms with E-state index >= 15 is 0 Å². The molecule has 3 aromatic rings. The number of carbonyl (C=O) groups is 1. The zero-order valence-corrected chi connectivity index (χ0v) is 11.4. The Hall–Kier alpha value is -2.66. The average Bonchev–Trinajstić information content (AvgIpc) is 2.47. The van der Waals surface area contributed by atoms with Gasteiger partial charge in [-0.3, -0.25) is 0 Å². The van der Waals surface area contributed by atoms with Crippen molar-refractivity contribution in [2.75, 3.05) is 0 Å². The first-order valence-corrected chi connectivity index (χ1v) is 6.44. The summed E-state index contributed by atoms with van der Waals surface area (Å²) in [5, 5.41) is 9.53. The number of carboxylic acid groups (broad SMARTS) is 1. The third-order valence-corrected chi connectivity index (χ3v) is 3.05. The molecule has 0 amide bonds. The fourth-order valence-corrected chi connectivity index (χ4v) is 2.02. The van der Waals surface area contributed by atoms with Crippen LogP contribution in [0.1, 0.15) is 10.4 Å². The Kier molecular flexibility index (Phi) is 3.41. The number of nitrogens with zero attached hydrogens (tertiary/aromatic N) is 2. The number of para-hydroxylation sites is 2. The highest BCUT2D eigenvalue weighted by atomic mass is 35.5. The van der Waals surface area contributed by atoms with E-state index in [1.165, 1.54) is 24.4 Å². The number of fused-ring (bicyclic) bond motifs is 1. The van der Waals surface area contributed by atoms with E-state index in [-0.39, 0.29) is 17.2 Å². The summed E-state index contributed by atoms with van der Waals surface area (Å²) < 4.78 is 5.52. The summed E-state index contributed by atoms with van der Waals surface area (Å²) in [6, 6.07) is 11.6. The van der Waals surface area contributed by atoms with Gasteiger partial charge in [0.05, 0.1) is 17.2 Å². The normalized spacial score (nSPS) is 10.5. The van der Waals surface area contributed by atoms with Gasteiger partial charge in [-0.05, 0) is 24.3 Å². The first kappa shape index (κ1) is 13.3. The summed E-state index contributed by atoms with van der Waals surface area (Å²) in [6.45, 7) is 0. The van der Waals surface area contributed by atoms with Crippen molar-refractivity contribution < 1.29 is 14.6 Å². The van der Waals surface area contributed by atoms with Crippen LogP contribution in [0, 0.1) is 0 Å². The Morgan fingerprint density at radius 3 is 2.67 bits per heavy atom. The second-order valence-corrected chi connectivity index (χ2v) is 4.68. The number of aromatic nitrogens is 2. The van der Waals surface area contributed by atoms with Crippen LogP contribution < -0.4 is 4.74 Å². The molecule has 0 bridgehead atoms. The first-order valence-electron chi connectivity index (χ1n) is 6.06. The van der Waals surface area contributed by atoms with Crippen LogP contribution in [0.2, 0.25) is 5.02 Å². The number of rotatable bonds is 3. The lowest BCUT2D eigenvalue weighted by Crippen LogP contribution is -2.00. The highest BCUT2D eigenvalue weighted by molar-refractivity contribution is 6.30. The molecule has 0 aliphatic heterocycles. The predicted octanol–water partition coefficient (Wildman–Crippen LogP) is 3.77. The van der Waals surface area contributed by atoms with Gasteiger partial charge in [0.2, 0.25) is 5.88 Å². The lowest BCUT2D eigenvalue weighted by atomic mass is 10.2. The molecule has 0 atom stereocenters. The summed E-state index contributed by atoms with van der Waals surface area (Å²) >= 11 is 5.87. The zero-order valence-electron chi connectivity index (χ0n) is 10.7. The van der Waals surface area contributed by atoms with E-state index in [9.17, 15) is 4.79 Å². The topological polar surface area (TPSA) is 72.3 Å². The Labute approximate surface area is 124 Å². The second kappa shape index (κ2) is 5.38. The van der Waals surface area contributed by atoms with Gasteiger partial charge in [-0.25, -0.2) is 14.8 Å². The predicted molar refractivity (Wildman–Crippen MR) is 78.0 cm³/mol. The molecule has 1 heterocycles. The molecule has 104 valence electrons. The molecule has 5 nitrogen and oxygen atoms in total. The summed E-state index contributed by atoms with van der Waals surface area (Å²) in [7, 11) is 0. The molecule has 3 rings (SSSR count). The lowest BCUT2D eigenvalue weighted by Gasteiger charge is -2.08. The molecule has 0 radical (unpaired) electrons. The maximum atomic E-state index is 11.2. The van der Waals surface area contributed by atoms with Crippen LogP contribution in [0.5, 0.6) is 11.6 Å². The van der Waals surface area contributed by atoms with Crippen LogP contribution in [0.4, 0.5) is 0 Å². The van der Waals surface area contributed by atoms with Crippen molar-refractivity contribution >= 4 is 28.6 Å². The van der Waals surface area contributed by atoms with Crippen molar-refractivity contribution in [1.29, 1.82) is 0 Å². The smallest absolute Gasteiger partial charge is 0.339 e. The van der Waals surface area contributed by atoms with Crippen molar-refractivity contribution in [1.82, 2.24) is 9.97 Å². The second-order valence-electron chi connectivity index (χ2n) is 4.24. The molecule has 0 saturated carbocycles. The zero-order chi connectivity index (χ0) is 14.8. The summed E-state index contributed by atoms with van der Waals surface area (Å²) in [4.78, 5) is 19.7. The van der Waals surface area contributed by atoms with E-state index in [2.05, 4.69) is 9.97 Å². The molecule has 0 spiro atoms. The third kappa shape index (κ3) is 2.78. The van der Waals surface area contributed by atoms with Gasteiger partial charge in [-0.15, -0.1) is 0 Å². The number of benzene rings is 2. The van der Waals surface area contributed by atoms with Crippen LogP contribution in [0.25, 0.3) is 11.0 Å². The number of halogens is 1. The van der Waals surface area contributed by atoms with E-state index < -0.39 is 5.97 Å². The number of aromatic carboxylic acids is 1. The van der Waals surface area contributed by atoms with Gasteiger partial charge in [-0.2, -0.15) is 0 Å². The number of carboxylic acids is 1. The van der Waals surface area contributed by atoms with E-state index in [0.29, 0.717) is 10.5 Å². The number of hydrogen-bond donors (Lipinski definition) is 1. The van der Waals surface area contributed by atoms with Crippen molar-refractivity contribution in [2.45, 2.75) is 0 Å². The molecule has 0 aliphatic rings. The molecule has 0 unspecified atom stereocenters. The molecule has 0 fully saturated rings. The quantitative estimate of drug-likeness (QED) is 0.797. The fraction of sp³-hybridized carbons (Fsp3) is 0. The Bertz CT molecular complexity index is 836. The van der Waals surface area contributed by atoms with E-state index in [0.717, 1.165) is 5.52 Å². The standard InChI is InChI=1S/C15H9ClN2O3/c16-9-5-6-10(15(19)20)13(7-9)21-14-8-17-11-3-1-2-4-12(11)18-14/h1-8H,(H,19,20). The monoisotopic (exact) mass is 300 g/mol. The molecular weight excluding hydrogens is 292 g/mol. The summed E-state index contributed by atoms with van der Waals surface area (Å²) in [5.41, 5.74) is 1.40. The van der Waals surface area contributed by atoms with Crippen LogP contribution in [-0.4, -0.2) is 21.0 Å². The highest BCUT2D eigenvalue weighted by Crippen LogP contribution is 2.28. The highest BCUT2D eigenvalue weighted by Gasteiger charge is 2.13. The minimum Gasteiger partial charge on any atom is -0.478 e. The van der Waals surface area contributed by atoms with Gasteiger partial charge in [0.15, 0.2) is 0 Å². The van der Waals surface area contributed by atoms with Crippen molar-refractivity contribution in [3.05, 3.63) is 59.2 Å². The molecule has 0 aliphatic carbocycles. The van der Waals surface area contributed by atoms with Crippen molar-refractivity contribution in [3.63, 3.8) is 0 Å². The minimum atomic E-state index is -1.10. The van der Waals surface area contributed by atoms with Crippen molar-refractivity contribution in [3.8, 4) is 11.6 Å². The molecule has 21 heavy (non-hydrogen) atoms. The average molecular weight is 301 g/mol. The van der Waals surface area contributed by atoms with Crippen LogP contribution in [0.15, 0.2) is 48.7 Å². The maximum Gasteiger partial charge on any atom is 0.339 e. The molecule has 1 N–H and O–H groups in total. The number of hydrogen-bond acceptors (Lipinski definition) is 4. The van der Waals surface area contributed by atoms with Gasteiger partial charge >= 0.3 is 5.97 Å². The van der Waals surface area contributed by atoms with Crippen LogP contribution in [0.3, 0.4) is 0 Å². The SMILES string of the molecule is O=C(O)c1ccc(Cl)cc1Oc1cnc2ccccc2n1. The van der Waals surface area contributed by atoms with E-state index in [1.54, 1.807) is 6.07 Å². The minimum absolute atomic E-state index is 0.00867. The Balaban J connectivity index is 2.02. The van der Waals surface area contributed by atoms with E-state index in [4.69, 9.17) is 21.4 Å². The molecule has 6 heteroatoms. The van der Waals surface area contributed by atoms with Crippen LogP contribution in [-0.2, 0) is 0 Å². The third-order valence-electron chi connectivity index (χ3n) is 2.82. The Morgan fingerprint density at radius 1 is 1.14 bits per heavy atom. The van der Waals surface area contributed by atoms with Crippen molar-refractivity contribution in [2.24, 2.45) is 0 Å². The van der Waals surface area contributed by atoms with Gasteiger partial charge in [0, 0.05) is 11.1 Å². The molecule has 1 aromatic heterocycles. The maximum absolute atomic E-state index is 11.2. The summed E-state index contributed by atoms with van der Waals surface area (Å²) in [5.74, 6) is -0.770. The molecule has 0 saturated heterocycles. The van der Waals surface area contributed by atoms with Gasteiger partial charge in [0.1, 0.15) is 11.3 Å². The van der Waals surface area contributed by atoms with E-state index in [1.807, 2.05) is 18.2 Å². The lowest BCUT2D eigenvalue weighted by molar-refractivity contribution is 0.0694. The fourth-order valence-electron chi connectivity index (χ4n) is 1.86. The Morgan fingerprint density at radius 2 is 1.90 bits per heavy atom. The summed E-state index contributed by atoms with van der Waals surface area (Å²) in [6.07, 6.45) is 1.44. The van der Waals surface area contributed by atoms with Gasteiger partial charge in [-0.1, -0.05) is 23.7 Å². The molecular formula is C15H9ClN2O3. The van der Waals surface area contributed by atoms with Gasteiger partial charge in [0.25, 0.3) is 0 Å². The van der Waals surface area contributed by atoms with Crippen LogP contribution >= 0.6 is 11.6 Å². The van der Waals surface area contributed by atoms with Gasteiger partial charge < -0.3 is 9.84 Å². The first-order chi connectivity index (χ1) is 10.1. The molecule has 2 aromatic carbocycles. The largest absolute Gasteiger partial charge is 0.478 e. The number of ether oxygens (including phenoxy) is 1.